The number of aryl methyl sites for hydroxylation is 1. The van der Waals surface area contributed by atoms with E-state index in [1.165, 1.54) is 0 Å². The van der Waals surface area contributed by atoms with Crippen LogP contribution in [0.4, 0.5) is 4.39 Å². The van der Waals surface area contributed by atoms with Crippen LogP contribution in [-0.4, -0.2) is 27.5 Å². The first-order valence-corrected chi connectivity index (χ1v) is 10.5. The number of nitrogens with one attached hydrogen (secondary N) is 1. The Balaban J connectivity index is 1.51. The largest absolute Gasteiger partial charge is 0.454 e. The molecule has 0 aliphatic carbocycles. The molecule has 8 heteroatoms. The van der Waals surface area contributed by atoms with Gasteiger partial charge in [0.2, 0.25) is 0 Å². The van der Waals surface area contributed by atoms with E-state index < -0.39 is 11.5 Å². The van der Waals surface area contributed by atoms with Crippen molar-refractivity contribution in [2.45, 2.75) is 32.4 Å². The number of hydrogen-bond donors (Lipinski definition) is 1. The number of ether oxygens (including phenoxy) is 1. The number of piperidine rings is 1. The topological polar surface area (TPSA) is 67.3 Å². The molecule has 2 aromatic carbocycles. The summed E-state index contributed by atoms with van der Waals surface area (Å²) < 4.78 is 22.4. The molecule has 1 fully saturated rings. The Morgan fingerprint density at radius 3 is 2.84 bits per heavy atom. The van der Waals surface area contributed by atoms with E-state index in [0.717, 1.165) is 19.4 Å². The van der Waals surface area contributed by atoms with Gasteiger partial charge in [-0.2, -0.15) is 0 Å². The number of nitrogens with zero attached hydrogens (tertiary/aromatic N) is 2. The highest BCUT2D eigenvalue weighted by Gasteiger charge is 2.24. The van der Waals surface area contributed by atoms with E-state index in [1.54, 1.807) is 60.2 Å². The van der Waals surface area contributed by atoms with Crippen LogP contribution in [0.3, 0.4) is 0 Å². The Morgan fingerprint density at radius 1 is 1.23 bits per heavy atom. The maximum atomic E-state index is 15.1. The summed E-state index contributed by atoms with van der Waals surface area (Å²) in [6.45, 7) is 3.46. The second-order valence-electron chi connectivity index (χ2n) is 7.80. The van der Waals surface area contributed by atoms with Crippen molar-refractivity contribution in [2.75, 3.05) is 13.1 Å². The van der Waals surface area contributed by atoms with Crippen LogP contribution in [0.2, 0.25) is 5.02 Å². The first kappa shape index (κ1) is 21.3. The predicted octanol–water partition coefficient (Wildman–Crippen LogP) is 4.27. The minimum absolute atomic E-state index is 0.0780. The average Bonchev–Trinajstić information content (AvgIpc) is 2.74. The smallest absolute Gasteiger partial charge is 0.328 e. The maximum absolute atomic E-state index is 15.1. The zero-order valence-electron chi connectivity index (χ0n) is 17.1. The number of hydrogen-bond acceptors (Lipinski definition) is 4. The number of benzene rings is 2. The lowest BCUT2D eigenvalue weighted by atomic mass is 10.0. The van der Waals surface area contributed by atoms with E-state index in [0.29, 0.717) is 35.0 Å². The molecule has 1 aliphatic rings. The minimum Gasteiger partial charge on any atom is -0.454 e. The molecule has 6 nitrogen and oxygen atoms in total. The number of aromatic amines is 1. The van der Waals surface area contributed by atoms with Crippen LogP contribution < -0.4 is 16.0 Å². The molecular formula is C23H23ClFN3O3. The summed E-state index contributed by atoms with van der Waals surface area (Å²) >= 11 is 5.98. The quantitative estimate of drug-likeness (QED) is 0.639. The molecule has 0 amide bonds. The zero-order chi connectivity index (χ0) is 22.0. The predicted molar refractivity (Wildman–Crippen MR) is 118 cm³/mol. The van der Waals surface area contributed by atoms with Gasteiger partial charge >= 0.3 is 5.69 Å². The van der Waals surface area contributed by atoms with Crippen LogP contribution in [-0.2, 0) is 6.54 Å². The normalized spacial score (nSPS) is 16.9. The van der Waals surface area contributed by atoms with Gasteiger partial charge in [-0.15, -0.1) is 0 Å². The lowest BCUT2D eigenvalue weighted by molar-refractivity contribution is 0.165. The molecule has 2 heterocycles. The lowest BCUT2D eigenvalue weighted by Gasteiger charge is -2.33. The molecule has 3 aromatic rings. The molecule has 1 saturated heterocycles. The third-order valence-corrected chi connectivity index (χ3v) is 5.72. The average molecular weight is 444 g/mol. The highest BCUT2D eigenvalue weighted by atomic mass is 35.5. The summed E-state index contributed by atoms with van der Waals surface area (Å²) in [6, 6.07) is 11.8. The first-order chi connectivity index (χ1) is 14.9. The van der Waals surface area contributed by atoms with Crippen molar-refractivity contribution >= 4 is 11.6 Å². The summed E-state index contributed by atoms with van der Waals surface area (Å²) in [6.07, 6.45) is 3.30. The number of rotatable bonds is 5. The second-order valence-corrected chi connectivity index (χ2v) is 8.23. The zero-order valence-corrected chi connectivity index (χ0v) is 17.9. The van der Waals surface area contributed by atoms with Crippen LogP contribution in [0.25, 0.3) is 0 Å². The highest BCUT2D eigenvalue weighted by Crippen LogP contribution is 2.29. The van der Waals surface area contributed by atoms with Gasteiger partial charge in [-0.1, -0.05) is 29.8 Å². The van der Waals surface area contributed by atoms with Gasteiger partial charge < -0.3 is 4.74 Å². The fourth-order valence-electron chi connectivity index (χ4n) is 3.91. The van der Waals surface area contributed by atoms with Gasteiger partial charge in [0.15, 0.2) is 11.6 Å². The van der Waals surface area contributed by atoms with Crippen LogP contribution in [0, 0.1) is 12.7 Å². The molecule has 0 saturated carbocycles. The highest BCUT2D eigenvalue weighted by molar-refractivity contribution is 6.30. The summed E-state index contributed by atoms with van der Waals surface area (Å²) in [5, 5.41) is 0.515. The molecule has 4 rings (SSSR count). The SMILES string of the molecule is Cc1cn([C@H]2CCCN(Cc3cccc(Oc4cccc(Cl)c4)c3F)C2)c(=O)[nH]c1=O. The van der Waals surface area contributed by atoms with E-state index in [2.05, 4.69) is 9.88 Å². The molecule has 0 bridgehead atoms. The van der Waals surface area contributed by atoms with E-state index in [4.69, 9.17) is 16.3 Å². The maximum Gasteiger partial charge on any atom is 0.328 e. The Labute approximate surface area is 183 Å². The minimum atomic E-state index is -0.415. The summed E-state index contributed by atoms with van der Waals surface area (Å²) in [5.74, 6) is 0.192. The molecule has 162 valence electrons. The van der Waals surface area contributed by atoms with E-state index in [1.807, 2.05) is 0 Å². The molecule has 1 N–H and O–H groups in total. The first-order valence-electron chi connectivity index (χ1n) is 10.2. The lowest BCUT2D eigenvalue weighted by Crippen LogP contribution is -2.41. The second kappa shape index (κ2) is 9.08. The monoisotopic (exact) mass is 443 g/mol. The molecule has 1 aromatic heterocycles. The van der Waals surface area contributed by atoms with Crippen molar-refractivity contribution in [3.05, 3.63) is 91.5 Å². The van der Waals surface area contributed by atoms with Gasteiger partial charge in [-0.05, 0) is 50.6 Å². The Kier molecular flexibility index (Phi) is 6.25. The standard InChI is InChI=1S/C23H23ClFN3O3/c1-15-12-28(23(30)26-22(15)29)18-7-4-10-27(14-18)13-16-5-2-9-20(21(16)25)31-19-8-3-6-17(24)11-19/h2-3,5-6,8-9,11-12,18H,4,7,10,13-14H2,1H3,(H,26,29,30)/t18-/m0/s1. The molecule has 1 atom stereocenters. The Hall–Kier alpha value is -2.90. The van der Waals surface area contributed by atoms with Gasteiger partial charge in [-0.3, -0.25) is 19.2 Å². The molecule has 0 spiro atoms. The number of halogens is 2. The fourth-order valence-corrected chi connectivity index (χ4v) is 4.09. The Morgan fingerprint density at radius 2 is 2.03 bits per heavy atom. The van der Waals surface area contributed by atoms with Gasteiger partial charge in [0.25, 0.3) is 5.56 Å². The van der Waals surface area contributed by atoms with Crippen molar-refractivity contribution in [1.82, 2.24) is 14.5 Å². The van der Waals surface area contributed by atoms with Crippen molar-refractivity contribution in [3.63, 3.8) is 0 Å². The van der Waals surface area contributed by atoms with Crippen molar-refractivity contribution in [3.8, 4) is 11.5 Å². The molecular weight excluding hydrogens is 421 g/mol. The van der Waals surface area contributed by atoms with Crippen LogP contribution in [0.15, 0.2) is 58.3 Å². The fraction of sp³-hybridized carbons (Fsp3) is 0.304. The van der Waals surface area contributed by atoms with E-state index >= 15 is 4.39 Å². The summed E-state index contributed by atoms with van der Waals surface area (Å²) in [4.78, 5) is 28.4. The van der Waals surface area contributed by atoms with Gasteiger partial charge in [-0.25, -0.2) is 9.18 Å². The number of aromatic nitrogens is 2. The van der Waals surface area contributed by atoms with Gasteiger partial charge in [0.1, 0.15) is 5.75 Å². The third-order valence-electron chi connectivity index (χ3n) is 5.48. The molecule has 0 radical (unpaired) electrons. The molecule has 0 unspecified atom stereocenters. The van der Waals surface area contributed by atoms with E-state index in [9.17, 15) is 9.59 Å². The van der Waals surface area contributed by atoms with Crippen molar-refractivity contribution in [1.29, 1.82) is 0 Å². The van der Waals surface area contributed by atoms with Gasteiger partial charge in [0.05, 0.1) is 6.04 Å². The molecule has 31 heavy (non-hydrogen) atoms. The van der Waals surface area contributed by atoms with Gasteiger partial charge in [0, 0.05) is 35.4 Å². The summed E-state index contributed by atoms with van der Waals surface area (Å²) in [7, 11) is 0. The van der Waals surface area contributed by atoms with E-state index in [-0.39, 0.29) is 17.4 Å². The van der Waals surface area contributed by atoms with Crippen molar-refractivity contribution in [2.24, 2.45) is 0 Å². The summed E-state index contributed by atoms with van der Waals surface area (Å²) in [5.41, 5.74) is 0.233. The number of likely N-dealkylation sites (tertiary alicyclic amines) is 1. The third kappa shape index (κ3) is 4.89. The van der Waals surface area contributed by atoms with Crippen LogP contribution in [0.5, 0.6) is 11.5 Å². The van der Waals surface area contributed by atoms with Crippen molar-refractivity contribution < 1.29 is 9.13 Å². The number of H-pyrrole nitrogens is 1. The van der Waals surface area contributed by atoms with Crippen LogP contribution in [0.1, 0.15) is 30.0 Å². The Bertz CT molecular complexity index is 1210. The molecule has 1 aliphatic heterocycles. The van der Waals surface area contributed by atoms with Crippen LogP contribution >= 0.6 is 11.6 Å².